The molecule has 0 spiro atoms. The highest BCUT2D eigenvalue weighted by Gasteiger charge is 2.20. The van der Waals surface area contributed by atoms with Gasteiger partial charge in [-0.15, -0.1) is 0 Å². The summed E-state index contributed by atoms with van der Waals surface area (Å²) < 4.78 is 3.58. The first-order chi connectivity index (χ1) is 12.8. The monoisotopic (exact) mass is 450 g/mol. The summed E-state index contributed by atoms with van der Waals surface area (Å²) >= 11 is 4.76. The highest BCUT2D eigenvalue weighted by molar-refractivity contribution is 9.10. The Hall–Kier alpha value is -2.92. The number of fused-ring (bicyclic) bond motifs is 1. The number of nitro benzene ring substituents is 2. The van der Waals surface area contributed by atoms with Gasteiger partial charge in [0.05, 0.1) is 31.7 Å². The fourth-order valence-corrected chi connectivity index (χ4v) is 4.38. The molecule has 0 saturated heterocycles. The number of carbonyl (C=O) groups excluding carboxylic acids is 1. The molecule has 1 heterocycles. The third-order valence-electron chi connectivity index (χ3n) is 3.74. The maximum absolute atomic E-state index is 12.6. The Morgan fingerprint density at radius 2 is 1.81 bits per heavy atom. The van der Waals surface area contributed by atoms with Crippen LogP contribution in [0.4, 0.5) is 11.4 Å². The molecule has 138 valence electrons. The standard InChI is InChI=1S/C16H11BrN4O5S/c1-2-19-14-12(17)4-3-5-13(14)27-16(19)18-15(22)9-6-10(20(23)24)8-11(7-9)21(25)26/h3-8H,2H2,1H3. The zero-order valence-corrected chi connectivity index (χ0v) is 16.2. The fraction of sp³-hybridized carbons (Fsp3) is 0.125. The van der Waals surface area contributed by atoms with Crippen LogP contribution in [0.3, 0.4) is 0 Å². The molecule has 0 unspecified atom stereocenters. The zero-order chi connectivity index (χ0) is 19.7. The van der Waals surface area contributed by atoms with Crippen LogP contribution in [0.5, 0.6) is 0 Å². The van der Waals surface area contributed by atoms with Crippen molar-refractivity contribution in [3.8, 4) is 0 Å². The van der Waals surface area contributed by atoms with Crippen LogP contribution in [0, 0.1) is 20.2 Å². The summed E-state index contributed by atoms with van der Waals surface area (Å²) in [6.07, 6.45) is 0. The Morgan fingerprint density at radius 3 is 2.37 bits per heavy atom. The van der Waals surface area contributed by atoms with E-state index >= 15 is 0 Å². The first-order valence-corrected chi connectivity index (χ1v) is 9.23. The smallest absolute Gasteiger partial charge is 0.280 e. The third-order valence-corrected chi connectivity index (χ3v) is 5.42. The first kappa shape index (κ1) is 18.9. The van der Waals surface area contributed by atoms with Gasteiger partial charge in [0.2, 0.25) is 0 Å². The molecule has 3 aromatic rings. The number of thiazole rings is 1. The van der Waals surface area contributed by atoms with Gasteiger partial charge in [-0.2, -0.15) is 4.99 Å². The second kappa shape index (κ2) is 7.37. The van der Waals surface area contributed by atoms with Gasteiger partial charge in [-0.1, -0.05) is 17.4 Å². The zero-order valence-electron chi connectivity index (χ0n) is 13.8. The van der Waals surface area contributed by atoms with E-state index in [4.69, 9.17) is 0 Å². The molecule has 3 rings (SSSR count). The molecule has 11 heteroatoms. The second-order valence-corrected chi connectivity index (χ2v) is 7.25. The minimum atomic E-state index is -0.785. The van der Waals surface area contributed by atoms with Crippen molar-refractivity contribution in [1.82, 2.24) is 4.57 Å². The van der Waals surface area contributed by atoms with Crippen LogP contribution in [-0.2, 0) is 6.54 Å². The van der Waals surface area contributed by atoms with Crippen LogP contribution in [0.2, 0.25) is 0 Å². The van der Waals surface area contributed by atoms with E-state index in [9.17, 15) is 25.0 Å². The van der Waals surface area contributed by atoms with Gasteiger partial charge in [-0.25, -0.2) is 0 Å². The predicted molar refractivity (Wildman–Crippen MR) is 103 cm³/mol. The number of carbonyl (C=O) groups is 1. The normalized spacial score (nSPS) is 11.7. The fourth-order valence-electron chi connectivity index (χ4n) is 2.55. The average molecular weight is 451 g/mol. The molecule has 2 aromatic carbocycles. The van der Waals surface area contributed by atoms with Crippen molar-refractivity contribution >= 4 is 54.8 Å². The Kier molecular flexibility index (Phi) is 5.15. The highest BCUT2D eigenvalue weighted by atomic mass is 79.9. The first-order valence-electron chi connectivity index (χ1n) is 7.62. The number of non-ortho nitro benzene ring substituents is 2. The Balaban J connectivity index is 2.18. The molecule has 27 heavy (non-hydrogen) atoms. The number of nitro groups is 2. The maximum Gasteiger partial charge on any atom is 0.280 e. The largest absolute Gasteiger partial charge is 0.316 e. The third kappa shape index (κ3) is 3.64. The average Bonchev–Trinajstić information content (AvgIpc) is 2.99. The minimum absolute atomic E-state index is 0.213. The van der Waals surface area contributed by atoms with E-state index in [2.05, 4.69) is 20.9 Å². The lowest BCUT2D eigenvalue weighted by Gasteiger charge is -2.02. The lowest BCUT2D eigenvalue weighted by molar-refractivity contribution is -0.394. The molecular formula is C16H11BrN4O5S. The van der Waals surface area contributed by atoms with Gasteiger partial charge in [-0.05, 0) is 35.0 Å². The molecule has 0 fully saturated rings. The summed E-state index contributed by atoms with van der Waals surface area (Å²) in [5, 5.41) is 22.0. The number of hydrogen-bond acceptors (Lipinski definition) is 6. The van der Waals surface area contributed by atoms with Gasteiger partial charge in [0, 0.05) is 23.2 Å². The molecule has 0 aliphatic rings. The van der Waals surface area contributed by atoms with Crippen molar-refractivity contribution in [2.45, 2.75) is 13.5 Å². The van der Waals surface area contributed by atoms with Crippen LogP contribution in [-0.4, -0.2) is 20.3 Å². The highest BCUT2D eigenvalue weighted by Crippen LogP contribution is 2.26. The maximum atomic E-state index is 12.6. The van der Waals surface area contributed by atoms with Gasteiger partial charge in [0.15, 0.2) is 4.80 Å². The Morgan fingerprint density at radius 1 is 1.19 bits per heavy atom. The summed E-state index contributed by atoms with van der Waals surface area (Å²) in [6, 6.07) is 8.39. The minimum Gasteiger partial charge on any atom is -0.316 e. The number of para-hydroxylation sites is 1. The van der Waals surface area contributed by atoms with Gasteiger partial charge < -0.3 is 4.57 Å². The van der Waals surface area contributed by atoms with Crippen molar-refractivity contribution in [2.24, 2.45) is 4.99 Å². The molecule has 0 saturated carbocycles. The summed E-state index contributed by atoms with van der Waals surface area (Å²) in [5.74, 6) is -0.785. The number of benzene rings is 2. The summed E-state index contributed by atoms with van der Waals surface area (Å²) in [7, 11) is 0. The van der Waals surface area contributed by atoms with E-state index in [1.54, 1.807) is 0 Å². The number of hydrogen-bond donors (Lipinski definition) is 0. The molecule has 0 atom stereocenters. The van der Waals surface area contributed by atoms with E-state index < -0.39 is 27.1 Å². The predicted octanol–water partition coefficient (Wildman–Crippen LogP) is 4.04. The number of rotatable bonds is 4. The summed E-state index contributed by atoms with van der Waals surface area (Å²) in [5.41, 5.74) is -0.410. The molecule has 0 aliphatic carbocycles. The SMILES string of the molecule is CCn1c(=NC(=O)c2cc([N+](=O)[O-])cc([N+](=O)[O-])c2)sc2cccc(Br)c21. The van der Waals surface area contributed by atoms with E-state index in [1.165, 1.54) is 11.3 Å². The molecule has 0 aliphatic heterocycles. The second-order valence-electron chi connectivity index (χ2n) is 5.38. The van der Waals surface area contributed by atoms with Crippen LogP contribution < -0.4 is 4.80 Å². The van der Waals surface area contributed by atoms with Crippen molar-refractivity contribution in [2.75, 3.05) is 0 Å². The van der Waals surface area contributed by atoms with Crippen molar-refractivity contribution in [3.63, 3.8) is 0 Å². The number of aromatic nitrogens is 1. The molecule has 0 bridgehead atoms. The molecule has 0 radical (unpaired) electrons. The van der Waals surface area contributed by atoms with Crippen molar-refractivity contribution < 1.29 is 14.6 Å². The van der Waals surface area contributed by atoms with Gasteiger partial charge in [0.1, 0.15) is 0 Å². The number of amides is 1. The van der Waals surface area contributed by atoms with E-state index in [0.717, 1.165) is 32.9 Å². The molecular weight excluding hydrogens is 440 g/mol. The number of halogens is 1. The van der Waals surface area contributed by atoms with Crippen LogP contribution in [0.15, 0.2) is 45.9 Å². The van der Waals surface area contributed by atoms with Crippen LogP contribution in [0.25, 0.3) is 10.2 Å². The van der Waals surface area contributed by atoms with E-state index in [1.807, 2.05) is 29.7 Å². The van der Waals surface area contributed by atoms with Crippen LogP contribution in [0.1, 0.15) is 17.3 Å². The van der Waals surface area contributed by atoms with E-state index in [-0.39, 0.29) is 5.56 Å². The Labute approximate surface area is 164 Å². The quantitative estimate of drug-likeness (QED) is 0.438. The lowest BCUT2D eigenvalue weighted by atomic mass is 10.1. The summed E-state index contributed by atoms with van der Waals surface area (Å²) in [4.78, 5) is 37.4. The van der Waals surface area contributed by atoms with Gasteiger partial charge >= 0.3 is 0 Å². The summed E-state index contributed by atoms with van der Waals surface area (Å²) in [6.45, 7) is 2.44. The van der Waals surface area contributed by atoms with Crippen molar-refractivity contribution in [1.29, 1.82) is 0 Å². The topological polar surface area (TPSA) is 121 Å². The number of nitrogens with zero attached hydrogens (tertiary/aromatic N) is 4. The van der Waals surface area contributed by atoms with Gasteiger partial charge in [0.25, 0.3) is 17.3 Å². The van der Waals surface area contributed by atoms with E-state index in [0.29, 0.717) is 11.3 Å². The Bertz CT molecular complexity index is 1140. The number of aryl methyl sites for hydroxylation is 1. The molecule has 0 N–H and O–H groups in total. The lowest BCUT2D eigenvalue weighted by Crippen LogP contribution is -2.16. The van der Waals surface area contributed by atoms with Crippen LogP contribution >= 0.6 is 27.3 Å². The molecule has 1 amide bonds. The van der Waals surface area contributed by atoms with Crippen molar-refractivity contribution in [3.05, 3.63) is 71.5 Å². The molecule has 9 nitrogen and oxygen atoms in total. The molecule has 1 aromatic heterocycles. The van der Waals surface area contributed by atoms with Gasteiger partial charge in [-0.3, -0.25) is 25.0 Å².